The van der Waals surface area contributed by atoms with Crippen LogP contribution in [0.5, 0.6) is 5.75 Å². The maximum absolute atomic E-state index is 15.8. The number of anilines is 2. The predicted octanol–water partition coefficient (Wildman–Crippen LogP) is 7.59. The molecule has 2 saturated carbocycles. The van der Waals surface area contributed by atoms with E-state index in [0.717, 1.165) is 49.7 Å². The van der Waals surface area contributed by atoms with Crippen LogP contribution in [0.3, 0.4) is 0 Å². The fourth-order valence-electron chi connectivity index (χ4n) is 8.30. The predicted molar refractivity (Wildman–Crippen MR) is 204 cm³/mol. The van der Waals surface area contributed by atoms with Gasteiger partial charge in [-0.2, -0.15) is 0 Å². The second-order valence-electron chi connectivity index (χ2n) is 14.5. The summed E-state index contributed by atoms with van der Waals surface area (Å²) in [4.78, 5) is 32.8. The van der Waals surface area contributed by atoms with Crippen LogP contribution in [0.1, 0.15) is 56.1 Å². The highest BCUT2D eigenvalue weighted by atomic mass is 35.5. The molecule has 2 aromatic carbocycles. The number of nitrogens with zero attached hydrogens (tertiary/aromatic N) is 2. The number of nitrogens with one attached hydrogen (secondary N) is 4. The van der Waals surface area contributed by atoms with E-state index in [4.69, 9.17) is 32.7 Å². The molecule has 0 radical (unpaired) electrons. The van der Waals surface area contributed by atoms with Crippen LogP contribution in [0.2, 0.25) is 10.0 Å². The molecule has 4 N–H and O–H groups in total. The number of hydrogen-bond donors (Lipinski definition) is 4. The molecule has 53 heavy (non-hydrogen) atoms. The van der Waals surface area contributed by atoms with Crippen LogP contribution in [0.15, 0.2) is 60.9 Å². The van der Waals surface area contributed by atoms with Gasteiger partial charge in [-0.3, -0.25) is 14.6 Å². The summed E-state index contributed by atoms with van der Waals surface area (Å²) < 4.78 is 26.7. The molecule has 2 aromatic heterocycles. The molecule has 0 unspecified atom stereocenters. The Kier molecular flexibility index (Phi) is 10.9. The first-order chi connectivity index (χ1) is 25.6. The van der Waals surface area contributed by atoms with Crippen molar-refractivity contribution in [1.29, 1.82) is 0 Å². The lowest BCUT2D eigenvalue weighted by Gasteiger charge is -2.27. The number of hydrogen-bond acceptors (Lipinski definition) is 9. The monoisotopic (exact) mass is 760 g/mol. The quantitative estimate of drug-likeness (QED) is 0.0963. The number of aromatic nitrogens is 2. The molecule has 1 aliphatic heterocycles. The highest BCUT2D eigenvalue weighted by Crippen LogP contribution is 2.61. The zero-order valence-corrected chi connectivity index (χ0v) is 31.3. The van der Waals surface area contributed by atoms with Gasteiger partial charge < -0.3 is 30.7 Å². The molecule has 10 nitrogen and oxygen atoms in total. The van der Waals surface area contributed by atoms with Gasteiger partial charge in [0, 0.05) is 78.9 Å². The molecule has 13 heteroatoms. The highest BCUT2D eigenvalue weighted by molar-refractivity contribution is 6.39. The van der Waals surface area contributed by atoms with Crippen molar-refractivity contribution in [3.8, 4) is 28.1 Å². The Hall–Kier alpha value is -4.29. The molecule has 3 aliphatic rings. The van der Waals surface area contributed by atoms with E-state index in [1.807, 2.05) is 30.3 Å². The minimum atomic E-state index is -0.470. The van der Waals surface area contributed by atoms with Crippen molar-refractivity contribution in [1.82, 2.24) is 25.9 Å². The van der Waals surface area contributed by atoms with E-state index in [-0.39, 0.29) is 34.6 Å². The third-order valence-electron chi connectivity index (χ3n) is 11.2. The van der Waals surface area contributed by atoms with Crippen LogP contribution in [0.4, 0.5) is 15.9 Å². The zero-order chi connectivity index (χ0) is 37.2. The molecule has 3 fully saturated rings. The molecule has 1 amide bonds. The van der Waals surface area contributed by atoms with Gasteiger partial charge in [0.15, 0.2) is 11.6 Å². The molecular weight excluding hydrogens is 718 g/mol. The Morgan fingerprint density at radius 2 is 1.74 bits per heavy atom. The number of fused-ring (bicyclic) bond motifs is 2. The summed E-state index contributed by atoms with van der Waals surface area (Å²) in [6.45, 7) is 2.27. The number of rotatable bonds is 14. The van der Waals surface area contributed by atoms with Gasteiger partial charge in [-0.1, -0.05) is 47.5 Å². The molecule has 278 valence electrons. The Morgan fingerprint density at radius 1 is 0.962 bits per heavy atom. The first-order valence-electron chi connectivity index (χ1n) is 17.9. The van der Waals surface area contributed by atoms with Crippen molar-refractivity contribution in [3.63, 3.8) is 0 Å². The topological polar surface area (TPSA) is 127 Å². The van der Waals surface area contributed by atoms with Gasteiger partial charge in [-0.05, 0) is 68.2 Å². The molecule has 3 heterocycles. The minimum absolute atomic E-state index is 0.0323. The molecule has 0 spiro atoms. The van der Waals surface area contributed by atoms with Gasteiger partial charge in [0.1, 0.15) is 5.75 Å². The summed E-state index contributed by atoms with van der Waals surface area (Å²) >= 11 is 14.0. The van der Waals surface area contributed by atoms with E-state index < -0.39 is 5.82 Å². The minimum Gasteiger partial charge on any atom is -0.496 e. The number of amides is 1. The lowest BCUT2D eigenvalue weighted by molar-refractivity contribution is -0.152. The summed E-state index contributed by atoms with van der Waals surface area (Å²) in [5, 5.41) is 13.7. The van der Waals surface area contributed by atoms with Crippen LogP contribution >= 0.6 is 23.2 Å². The average Bonchev–Trinajstić information content (AvgIpc) is 3.88. The average molecular weight is 762 g/mol. The van der Waals surface area contributed by atoms with E-state index in [0.29, 0.717) is 76.5 Å². The number of carbonyl (C=O) groups excluding carboxylic acids is 2. The van der Waals surface area contributed by atoms with Crippen molar-refractivity contribution < 1.29 is 23.5 Å². The number of pyridine rings is 2. The molecule has 1 saturated heterocycles. The highest BCUT2D eigenvalue weighted by Gasteiger charge is 2.58. The number of methoxy groups -OCH3 is 2. The molecular formula is C40H43Cl2FN6O4. The van der Waals surface area contributed by atoms with E-state index in [1.54, 1.807) is 37.7 Å². The zero-order valence-electron chi connectivity index (χ0n) is 29.8. The van der Waals surface area contributed by atoms with Gasteiger partial charge in [0.25, 0.3) is 0 Å². The van der Waals surface area contributed by atoms with Crippen LogP contribution in [0.25, 0.3) is 22.4 Å². The first-order valence-corrected chi connectivity index (χ1v) is 18.7. The summed E-state index contributed by atoms with van der Waals surface area (Å²) in [5.41, 5.74) is 4.22. The Balaban J connectivity index is 1.04. The van der Waals surface area contributed by atoms with Gasteiger partial charge in [-0.25, -0.2) is 9.37 Å². The maximum Gasteiger partial charge on any atom is 0.311 e. The van der Waals surface area contributed by atoms with Crippen molar-refractivity contribution in [2.75, 3.05) is 32.6 Å². The summed E-state index contributed by atoms with van der Waals surface area (Å²) in [6, 6.07) is 14.8. The third-order valence-corrected chi connectivity index (χ3v) is 12.0. The van der Waals surface area contributed by atoms with Crippen LogP contribution in [-0.2, 0) is 27.4 Å². The fourth-order valence-corrected chi connectivity index (χ4v) is 8.90. The number of esters is 1. The lowest BCUT2D eigenvalue weighted by Crippen LogP contribution is -2.35. The largest absolute Gasteiger partial charge is 0.496 e. The van der Waals surface area contributed by atoms with Gasteiger partial charge in [0.2, 0.25) is 5.91 Å². The molecule has 1 atom stereocenters. The lowest BCUT2D eigenvalue weighted by atomic mass is 9.82. The number of ether oxygens (including phenoxy) is 2. The van der Waals surface area contributed by atoms with Crippen LogP contribution < -0.4 is 26.0 Å². The second-order valence-corrected chi connectivity index (χ2v) is 15.2. The van der Waals surface area contributed by atoms with Crippen LogP contribution in [-0.4, -0.2) is 55.2 Å². The van der Waals surface area contributed by atoms with Crippen molar-refractivity contribution in [2.24, 2.45) is 10.8 Å². The second kappa shape index (κ2) is 15.6. The van der Waals surface area contributed by atoms with Crippen LogP contribution in [0, 0.1) is 16.6 Å². The standard InChI is InChI=1S/C40H43Cl2FN6O4/c1-52-31-18-24(6-7-25(31)19-44-21-27-8-9-32(50)48-27)36-34(42)29(11-17-46-36)28-4-3-5-30(33(28)41)49-37-35(43)26(10-16-47-37)20-45-23-39-12-14-40(22-39,15-13-39)38(51)53-2/h3-7,10-11,16-18,27,44-45H,8-9,12-15,19-23H2,1-2H3,(H,47,49)(H,48,50)/t27-,39?,40?/m0/s1. The normalized spacial score (nSPS) is 21.8. The van der Waals surface area contributed by atoms with Gasteiger partial charge in [-0.15, -0.1) is 0 Å². The SMILES string of the molecule is COC(=O)C12CCC(CNCc3ccnc(Nc4cccc(-c5ccnc(-c6ccc(CNC[C@@H]7CCC(=O)N7)c(OC)c6)c5Cl)c4Cl)c3F)(CC1)C2. The summed E-state index contributed by atoms with van der Waals surface area (Å²) in [5.74, 6) is 0.259. The molecule has 2 bridgehead atoms. The molecule has 2 aliphatic carbocycles. The number of halogens is 3. The van der Waals surface area contributed by atoms with Crippen molar-refractivity contribution >= 4 is 46.6 Å². The molecule has 4 aromatic rings. The Morgan fingerprint density at radius 3 is 2.49 bits per heavy atom. The van der Waals surface area contributed by atoms with Gasteiger partial charge >= 0.3 is 5.97 Å². The summed E-state index contributed by atoms with van der Waals surface area (Å²) in [6.07, 6.45) is 9.05. The third kappa shape index (κ3) is 7.58. The summed E-state index contributed by atoms with van der Waals surface area (Å²) in [7, 11) is 3.08. The van der Waals surface area contributed by atoms with Crippen molar-refractivity contribution in [2.45, 2.75) is 64.1 Å². The number of benzene rings is 2. The Labute approximate surface area is 318 Å². The smallest absolute Gasteiger partial charge is 0.311 e. The molecule has 7 rings (SSSR count). The first kappa shape index (κ1) is 37.0. The van der Waals surface area contributed by atoms with E-state index >= 15 is 4.39 Å². The van der Waals surface area contributed by atoms with E-state index in [1.165, 1.54) is 7.11 Å². The Bertz CT molecular complexity index is 2020. The van der Waals surface area contributed by atoms with Crippen molar-refractivity contribution in [3.05, 3.63) is 87.9 Å². The van der Waals surface area contributed by atoms with E-state index in [9.17, 15) is 9.59 Å². The maximum atomic E-state index is 15.8. The number of carbonyl (C=O) groups is 2. The fraction of sp³-hybridized carbons (Fsp3) is 0.400. The van der Waals surface area contributed by atoms with Gasteiger partial charge in [0.05, 0.1) is 41.1 Å². The van der Waals surface area contributed by atoms with E-state index in [2.05, 4.69) is 31.2 Å².